The predicted molar refractivity (Wildman–Crippen MR) is 104 cm³/mol. The Bertz CT molecular complexity index is 1190. The number of hydrogen-bond donors (Lipinski definition) is 1. The van der Waals surface area contributed by atoms with Crippen LogP contribution in [0.15, 0.2) is 36.7 Å². The van der Waals surface area contributed by atoms with Crippen LogP contribution in [0.1, 0.15) is 5.56 Å². The highest BCUT2D eigenvalue weighted by Gasteiger charge is 2.24. The van der Waals surface area contributed by atoms with Gasteiger partial charge in [-0.1, -0.05) is 0 Å². The first kappa shape index (κ1) is 18.2. The molecule has 0 unspecified atom stereocenters. The van der Waals surface area contributed by atoms with Crippen LogP contribution in [0.5, 0.6) is 5.75 Å². The molecule has 2 aromatic heterocycles. The normalized spacial score (nSPS) is 15.6. The van der Waals surface area contributed by atoms with Crippen molar-refractivity contribution in [2.45, 2.75) is 0 Å². The van der Waals surface area contributed by atoms with Crippen LogP contribution >= 0.6 is 0 Å². The van der Waals surface area contributed by atoms with Crippen LogP contribution in [0.3, 0.4) is 0 Å². The zero-order valence-corrected chi connectivity index (χ0v) is 16.0. The Morgan fingerprint density at radius 1 is 1.11 bits per heavy atom. The van der Waals surface area contributed by atoms with Crippen molar-refractivity contribution in [2.75, 3.05) is 37.3 Å². The number of benzene rings is 1. The Morgan fingerprint density at radius 3 is 2.54 bits per heavy atom. The fourth-order valence-electron chi connectivity index (χ4n) is 3.32. The maximum atomic E-state index is 11.7. The van der Waals surface area contributed by atoms with E-state index in [0.717, 1.165) is 16.7 Å². The number of nitriles is 1. The number of nitrogens with zero attached hydrogens (tertiary/aromatic N) is 6. The smallest absolute Gasteiger partial charge is 0.211 e. The first-order chi connectivity index (χ1) is 13.3. The molecule has 1 N–H and O–H groups in total. The lowest BCUT2D eigenvalue weighted by atomic mass is 10.2. The Kier molecular flexibility index (Phi) is 4.41. The van der Waals surface area contributed by atoms with Crippen molar-refractivity contribution in [3.05, 3.63) is 42.2 Å². The van der Waals surface area contributed by atoms with Crippen molar-refractivity contribution in [1.82, 2.24) is 19.1 Å². The van der Waals surface area contributed by atoms with Crippen LogP contribution < -0.4 is 4.90 Å². The lowest BCUT2D eigenvalue weighted by Gasteiger charge is -2.33. The molecule has 1 saturated heterocycles. The summed E-state index contributed by atoms with van der Waals surface area (Å²) in [6, 6.07) is 8.49. The van der Waals surface area contributed by atoms with E-state index in [1.54, 1.807) is 23.1 Å². The highest BCUT2D eigenvalue weighted by Crippen LogP contribution is 2.25. The zero-order valence-electron chi connectivity index (χ0n) is 15.1. The molecule has 1 aliphatic rings. The molecule has 0 aliphatic carbocycles. The first-order valence-electron chi connectivity index (χ1n) is 8.63. The van der Waals surface area contributed by atoms with Gasteiger partial charge in [-0.05, 0) is 18.2 Å². The summed E-state index contributed by atoms with van der Waals surface area (Å²) in [5, 5.41) is 24.1. The molecule has 3 heterocycles. The van der Waals surface area contributed by atoms with Crippen molar-refractivity contribution < 1.29 is 13.5 Å². The SMILES string of the molecule is CS(=O)(=O)N1CCN(c2cc3cnn(-c4cc(O)cc(C#N)c4)c3cn2)CC1. The molecule has 1 fully saturated rings. The number of anilines is 1. The monoisotopic (exact) mass is 398 g/mol. The summed E-state index contributed by atoms with van der Waals surface area (Å²) in [4.78, 5) is 6.55. The third-order valence-corrected chi connectivity index (χ3v) is 6.05. The van der Waals surface area contributed by atoms with Gasteiger partial charge < -0.3 is 10.0 Å². The van der Waals surface area contributed by atoms with Gasteiger partial charge in [-0.15, -0.1) is 0 Å². The summed E-state index contributed by atoms with van der Waals surface area (Å²) in [6.07, 6.45) is 4.61. The van der Waals surface area contributed by atoms with Gasteiger partial charge in [-0.3, -0.25) is 0 Å². The molecule has 0 amide bonds. The number of aromatic hydroxyl groups is 1. The van der Waals surface area contributed by atoms with E-state index in [-0.39, 0.29) is 5.75 Å². The van der Waals surface area contributed by atoms with E-state index in [1.807, 2.05) is 17.0 Å². The van der Waals surface area contributed by atoms with Crippen LogP contribution in [0.25, 0.3) is 16.6 Å². The van der Waals surface area contributed by atoms with Crippen molar-refractivity contribution in [2.24, 2.45) is 0 Å². The van der Waals surface area contributed by atoms with Crippen molar-refractivity contribution in [3.8, 4) is 17.5 Å². The highest BCUT2D eigenvalue weighted by atomic mass is 32.2. The molecular formula is C18H18N6O3S. The molecule has 144 valence electrons. The molecule has 0 bridgehead atoms. The summed E-state index contributed by atoms with van der Waals surface area (Å²) in [5.74, 6) is 0.750. The Hall–Kier alpha value is -3.16. The maximum Gasteiger partial charge on any atom is 0.211 e. The molecule has 10 heteroatoms. The Morgan fingerprint density at radius 2 is 1.86 bits per heavy atom. The second kappa shape index (κ2) is 6.78. The number of aromatic nitrogens is 3. The summed E-state index contributed by atoms with van der Waals surface area (Å²) in [7, 11) is -3.17. The number of sulfonamides is 1. The van der Waals surface area contributed by atoms with Crippen LogP contribution in [-0.4, -0.2) is 65.0 Å². The number of rotatable bonds is 3. The Balaban J connectivity index is 1.63. The van der Waals surface area contributed by atoms with Gasteiger partial charge in [0.2, 0.25) is 10.0 Å². The number of phenolic OH excluding ortho intramolecular Hbond substituents is 1. The summed E-state index contributed by atoms with van der Waals surface area (Å²) < 4.78 is 26.4. The molecule has 4 rings (SSSR count). The largest absolute Gasteiger partial charge is 0.508 e. The van der Waals surface area contributed by atoms with Gasteiger partial charge in [0.25, 0.3) is 0 Å². The van der Waals surface area contributed by atoms with Gasteiger partial charge >= 0.3 is 0 Å². The number of fused-ring (bicyclic) bond motifs is 1. The van der Waals surface area contributed by atoms with Crippen LogP contribution in [0, 0.1) is 11.3 Å². The third-order valence-electron chi connectivity index (χ3n) is 4.75. The molecule has 28 heavy (non-hydrogen) atoms. The minimum Gasteiger partial charge on any atom is -0.508 e. The van der Waals surface area contributed by atoms with E-state index in [0.29, 0.717) is 37.4 Å². The van der Waals surface area contributed by atoms with Crippen LogP contribution in [0.4, 0.5) is 5.82 Å². The topological polar surface area (TPSA) is 115 Å². The molecule has 1 aromatic carbocycles. The predicted octanol–water partition coefficient (Wildman–Crippen LogP) is 1.08. The van der Waals surface area contributed by atoms with E-state index < -0.39 is 10.0 Å². The number of hydrogen-bond acceptors (Lipinski definition) is 7. The van der Waals surface area contributed by atoms with Gasteiger partial charge in [0.05, 0.1) is 41.5 Å². The van der Waals surface area contributed by atoms with Crippen molar-refractivity contribution in [3.63, 3.8) is 0 Å². The minimum atomic E-state index is -3.17. The second-order valence-corrected chi connectivity index (χ2v) is 8.64. The molecule has 0 saturated carbocycles. The van der Waals surface area contributed by atoms with Crippen LogP contribution in [0.2, 0.25) is 0 Å². The summed E-state index contributed by atoms with van der Waals surface area (Å²) in [6.45, 7) is 1.99. The zero-order chi connectivity index (χ0) is 19.9. The Labute approximate surface area is 162 Å². The molecular weight excluding hydrogens is 380 g/mol. The summed E-state index contributed by atoms with van der Waals surface area (Å²) >= 11 is 0. The standard InChI is InChI=1S/C18H18N6O3S/c1-28(26,27)23-4-2-22(3-5-23)18-8-14-11-21-24(17(14)12-20-18)15-6-13(10-19)7-16(25)9-15/h6-9,11-12,25H,2-5H2,1H3. The van der Waals surface area contributed by atoms with Crippen LogP contribution in [-0.2, 0) is 10.0 Å². The van der Waals surface area contributed by atoms with Crippen molar-refractivity contribution >= 4 is 26.7 Å². The van der Waals surface area contributed by atoms with Gasteiger partial charge in [-0.25, -0.2) is 18.1 Å². The fourth-order valence-corrected chi connectivity index (χ4v) is 4.15. The lowest BCUT2D eigenvalue weighted by Crippen LogP contribution is -2.48. The fraction of sp³-hybridized carbons (Fsp3) is 0.278. The lowest BCUT2D eigenvalue weighted by molar-refractivity contribution is 0.387. The average molecular weight is 398 g/mol. The van der Waals surface area contributed by atoms with E-state index in [1.165, 1.54) is 22.7 Å². The minimum absolute atomic E-state index is 0.00831. The number of pyridine rings is 1. The van der Waals surface area contributed by atoms with E-state index in [4.69, 9.17) is 5.26 Å². The van der Waals surface area contributed by atoms with E-state index in [9.17, 15) is 13.5 Å². The molecule has 9 nitrogen and oxygen atoms in total. The quantitative estimate of drug-likeness (QED) is 0.702. The van der Waals surface area contributed by atoms with Crippen molar-refractivity contribution in [1.29, 1.82) is 5.26 Å². The van der Waals surface area contributed by atoms with E-state index >= 15 is 0 Å². The maximum absolute atomic E-state index is 11.7. The average Bonchev–Trinajstić information content (AvgIpc) is 3.10. The molecule has 3 aromatic rings. The first-order valence-corrected chi connectivity index (χ1v) is 10.5. The second-order valence-electron chi connectivity index (χ2n) is 6.66. The molecule has 0 spiro atoms. The molecule has 0 atom stereocenters. The van der Waals surface area contributed by atoms with Gasteiger partial charge in [0, 0.05) is 37.6 Å². The molecule has 1 aliphatic heterocycles. The van der Waals surface area contributed by atoms with E-state index in [2.05, 4.69) is 10.1 Å². The molecule has 0 radical (unpaired) electrons. The van der Waals surface area contributed by atoms with Gasteiger partial charge in [0.1, 0.15) is 11.6 Å². The number of piperazine rings is 1. The number of phenols is 1. The highest BCUT2D eigenvalue weighted by molar-refractivity contribution is 7.88. The van der Waals surface area contributed by atoms with Gasteiger partial charge in [0.15, 0.2) is 0 Å². The summed E-state index contributed by atoms with van der Waals surface area (Å²) in [5.41, 5.74) is 1.66. The van der Waals surface area contributed by atoms with Gasteiger partial charge in [-0.2, -0.15) is 14.7 Å². The third kappa shape index (κ3) is 3.37.